The summed E-state index contributed by atoms with van der Waals surface area (Å²) in [6.45, 7) is 0.632. The van der Waals surface area contributed by atoms with Gasteiger partial charge in [0.1, 0.15) is 18.1 Å². The summed E-state index contributed by atoms with van der Waals surface area (Å²) in [6, 6.07) is 23.8. The Labute approximate surface area is 201 Å². The molecule has 35 heavy (non-hydrogen) atoms. The van der Waals surface area contributed by atoms with Gasteiger partial charge in [-0.25, -0.2) is 0 Å². The summed E-state index contributed by atoms with van der Waals surface area (Å²) in [7, 11) is 0. The third-order valence-electron chi connectivity index (χ3n) is 5.75. The predicted molar refractivity (Wildman–Crippen MR) is 129 cm³/mol. The number of nitrogens with zero attached hydrogens (tertiary/aromatic N) is 1. The van der Waals surface area contributed by atoms with E-state index in [1.165, 1.54) is 12.1 Å². The number of nitro groups is 1. The number of hydrogen-bond donors (Lipinski definition) is 1. The molecule has 1 aliphatic heterocycles. The molecule has 0 spiro atoms. The smallest absolute Gasteiger partial charge is 0.270 e. The van der Waals surface area contributed by atoms with Crippen LogP contribution in [0.15, 0.2) is 78.9 Å². The minimum absolute atomic E-state index is 0.0126. The first-order chi connectivity index (χ1) is 17.1. The van der Waals surface area contributed by atoms with Crippen LogP contribution in [0.3, 0.4) is 0 Å². The molecular formula is C27H22N2O6. The number of nitro benzene ring substituents is 1. The minimum Gasteiger partial charge on any atom is -0.488 e. The van der Waals surface area contributed by atoms with Gasteiger partial charge in [0.25, 0.3) is 11.6 Å². The van der Waals surface area contributed by atoms with Gasteiger partial charge in [-0.1, -0.05) is 54.6 Å². The standard InChI is InChI=1S/C27H22N2O6/c30-27(28-14-18-6-2-1-3-7-18)24-12-19-8-4-5-9-20(19)13-25(24)34-16-22-11-23(29(31)32)10-21-15-33-17-35-26(21)22/h1-13H,14-17H2,(H,28,30). The topological polar surface area (TPSA) is 99.9 Å². The highest BCUT2D eigenvalue weighted by molar-refractivity contribution is 6.01. The second-order valence-electron chi connectivity index (χ2n) is 8.11. The number of fused-ring (bicyclic) bond motifs is 2. The van der Waals surface area contributed by atoms with Crippen molar-refractivity contribution in [1.82, 2.24) is 5.32 Å². The zero-order chi connectivity index (χ0) is 24.2. The molecule has 0 bridgehead atoms. The van der Waals surface area contributed by atoms with E-state index in [1.54, 1.807) is 12.1 Å². The van der Waals surface area contributed by atoms with Gasteiger partial charge in [0, 0.05) is 29.8 Å². The van der Waals surface area contributed by atoms with Crippen LogP contribution in [0, 0.1) is 10.1 Å². The third-order valence-corrected chi connectivity index (χ3v) is 5.75. The number of benzene rings is 4. The fourth-order valence-corrected chi connectivity index (χ4v) is 4.04. The minimum atomic E-state index is -0.461. The van der Waals surface area contributed by atoms with Gasteiger partial charge in [-0.05, 0) is 28.5 Å². The average Bonchev–Trinajstić information content (AvgIpc) is 2.90. The van der Waals surface area contributed by atoms with Crippen molar-refractivity contribution >= 4 is 22.4 Å². The van der Waals surface area contributed by atoms with Crippen LogP contribution >= 0.6 is 0 Å². The van der Waals surface area contributed by atoms with Crippen LogP contribution in [-0.2, 0) is 24.5 Å². The highest BCUT2D eigenvalue weighted by atomic mass is 16.7. The lowest BCUT2D eigenvalue weighted by Gasteiger charge is -2.21. The van der Waals surface area contributed by atoms with E-state index in [1.807, 2.05) is 54.6 Å². The lowest BCUT2D eigenvalue weighted by Crippen LogP contribution is -2.23. The highest BCUT2D eigenvalue weighted by Gasteiger charge is 2.22. The molecule has 0 fully saturated rings. The van der Waals surface area contributed by atoms with Gasteiger partial charge < -0.3 is 19.5 Å². The number of carbonyl (C=O) groups is 1. The molecule has 1 amide bonds. The van der Waals surface area contributed by atoms with Crippen molar-refractivity contribution in [1.29, 1.82) is 0 Å². The van der Waals surface area contributed by atoms with Gasteiger partial charge in [0.05, 0.1) is 17.1 Å². The van der Waals surface area contributed by atoms with E-state index in [2.05, 4.69) is 5.32 Å². The van der Waals surface area contributed by atoms with Crippen molar-refractivity contribution in [2.45, 2.75) is 19.8 Å². The summed E-state index contributed by atoms with van der Waals surface area (Å²) in [4.78, 5) is 24.1. The van der Waals surface area contributed by atoms with Gasteiger partial charge in [0.2, 0.25) is 0 Å². The van der Waals surface area contributed by atoms with Gasteiger partial charge in [-0.3, -0.25) is 14.9 Å². The molecule has 4 aromatic rings. The van der Waals surface area contributed by atoms with Crippen LogP contribution in [-0.4, -0.2) is 17.6 Å². The molecule has 0 aromatic heterocycles. The van der Waals surface area contributed by atoms with Gasteiger partial charge >= 0.3 is 0 Å². The molecule has 1 heterocycles. The highest BCUT2D eigenvalue weighted by Crippen LogP contribution is 2.34. The van der Waals surface area contributed by atoms with E-state index in [4.69, 9.17) is 14.2 Å². The normalized spacial score (nSPS) is 12.5. The van der Waals surface area contributed by atoms with E-state index < -0.39 is 4.92 Å². The van der Waals surface area contributed by atoms with E-state index in [0.29, 0.717) is 34.7 Å². The molecule has 0 unspecified atom stereocenters. The fraction of sp³-hybridized carbons (Fsp3) is 0.148. The predicted octanol–water partition coefficient (Wildman–Crippen LogP) is 5.12. The molecule has 5 rings (SSSR count). The molecule has 4 aromatic carbocycles. The number of amides is 1. The summed E-state index contributed by atoms with van der Waals surface area (Å²) < 4.78 is 17.0. The second-order valence-corrected chi connectivity index (χ2v) is 8.11. The summed E-state index contributed by atoms with van der Waals surface area (Å²) in [6.07, 6.45) is 0. The van der Waals surface area contributed by atoms with Crippen LogP contribution in [0.5, 0.6) is 11.5 Å². The van der Waals surface area contributed by atoms with Gasteiger partial charge in [-0.2, -0.15) is 0 Å². The molecule has 0 radical (unpaired) electrons. The summed E-state index contributed by atoms with van der Waals surface area (Å²) >= 11 is 0. The maximum Gasteiger partial charge on any atom is 0.270 e. The Morgan fingerprint density at radius 1 is 1.00 bits per heavy atom. The van der Waals surface area contributed by atoms with Crippen molar-refractivity contribution in [2.75, 3.05) is 6.79 Å². The molecule has 0 atom stereocenters. The van der Waals surface area contributed by atoms with Crippen molar-refractivity contribution < 1.29 is 23.9 Å². The van der Waals surface area contributed by atoms with Crippen LogP contribution in [0.2, 0.25) is 0 Å². The molecular weight excluding hydrogens is 448 g/mol. The van der Waals surface area contributed by atoms with Crippen molar-refractivity contribution in [2.24, 2.45) is 0 Å². The average molecular weight is 470 g/mol. The molecule has 176 valence electrons. The zero-order valence-electron chi connectivity index (χ0n) is 18.7. The Bertz CT molecular complexity index is 1400. The van der Waals surface area contributed by atoms with E-state index >= 15 is 0 Å². The Hall–Kier alpha value is -4.43. The SMILES string of the molecule is O=C(NCc1ccccc1)c1cc2ccccc2cc1OCc1cc([N+](=O)[O-])cc2c1OCOC2. The zero-order valence-corrected chi connectivity index (χ0v) is 18.7. The number of hydrogen-bond acceptors (Lipinski definition) is 6. The molecule has 0 saturated carbocycles. The number of carbonyl (C=O) groups excluding carboxylic acids is 1. The molecule has 0 aliphatic carbocycles. The number of ether oxygens (including phenoxy) is 3. The van der Waals surface area contributed by atoms with E-state index in [0.717, 1.165) is 16.3 Å². The summed E-state index contributed by atoms with van der Waals surface area (Å²) in [5.74, 6) is 0.611. The Morgan fingerprint density at radius 2 is 1.74 bits per heavy atom. The van der Waals surface area contributed by atoms with Crippen LogP contribution < -0.4 is 14.8 Å². The lowest BCUT2D eigenvalue weighted by atomic mass is 10.0. The van der Waals surface area contributed by atoms with E-state index in [-0.39, 0.29) is 31.6 Å². The van der Waals surface area contributed by atoms with Gasteiger partial charge in [0.15, 0.2) is 6.79 Å². The first-order valence-electron chi connectivity index (χ1n) is 11.1. The third kappa shape index (κ3) is 4.92. The van der Waals surface area contributed by atoms with Crippen LogP contribution in [0.1, 0.15) is 27.0 Å². The second kappa shape index (κ2) is 9.82. The molecule has 8 nitrogen and oxygen atoms in total. The molecule has 1 N–H and O–H groups in total. The first-order valence-corrected chi connectivity index (χ1v) is 11.1. The maximum atomic E-state index is 13.1. The summed E-state index contributed by atoms with van der Waals surface area (Å²) in [5, 5.41) is 16.2. The molecule has 8 heteroatoms. The molecule has 0 saturated heterocycles. The lowest BCUT2D eigenvalue weighted by molar-refractivity contribution is -0.385. The van der Waals surface area contributed by atoms with Crippen molar-refractivity contribution in [3.8, 4) is 11.5 Å². The van der Waals surface area contributed by atoms with Crippen molar-refractivity contribution in [3.63, 3.8) is 0 Å². The number of rotatable bonds is 7. The maximum absolute atomic E-state index is 13.1. The van der Waals surface area contributed by atoms with Crippen LogP contribution in [0.4, 0.5) is 5.69 Å². The number of nitrogens with one attached hydrogen (secondary N) is 1. The fourth-order valence-electron chi connectivity index (χ4n) is 4.04. The number of non-ortho nitro benzene ring substituents is 1. The monoisotopic (exact) mass is 470 g/mol. The van der Waals surface area contributed by atoms with E-state index in [9.17, 15) is 14.9 Å². The Kier molecular flexibility index (Phi) is 6.28. The quantitative estimate of drug-likeness (QED) is 0.297. The largest absolute Gasteiger partial charge is 0.488 e. The van der Waals surface area contributed by atoms with Crippen LogP contribution in [0.25, 0.3) is 10.8 Å². The van der Waals surface area contributed by atoms with Gasteiger partial charge in [-0.15, -0.1) is 0 Å². The Morgan fingerprint density at radius 3 is 2.51 bits per heavy atom. The first kappa shape index (κ1) is 22.4. The Balaban J connectivity index is 1.45. The summed E-state index contributed by atoms with van der Waals surface area (Å²) in [5.41, 5.74) is 2.38. The van der Waals surface area contributed by atoms with Crippen molar-refractivity contribution in [3.05, 3.63) is 111 Å². The molecule has 1 aliphatic rings.